The molecule has 3 heterocycles. The summed E-state index contributed by atoms with van der Waals surface area (Å²) in [5.74, 6) is 0.0242. The quantitative estimate of drug-likeness (QED) is 0.425. The van der Waals surface area contributed by atoms with Gasteiger partial charge in [-0.25, -0.2) is 9.37 Å². The van der Waals surface area contributed by atoms with E-state index in [0.29, 0.717) is 48.2 Å². The van der Waals surface area contributed by atoms with E-state index in [1.165, 1.54) is 6.07 Å². The van der Waals surface area contributed by atoms with Crippen molar-refractivity contribution in [3.8, 4) is 34.0 Å². The van der Waals surface area contributed by atoms with Crippen LogP contribution in [0.1, 0.15) is 12.0 Å². The summed E-state index contributed by atoms with van der Waals surface area (Å²) in [6, 6.07) is 14.1. The summed E-state index contributed by atoms with van der Waals surface area (Å²) in [6.45, 7) is 1.77. The molecule has 1 fully saturated rings. The molecule has 0 saturated carbocycles. The van der Waals surface area contributed by atoms with Gasteiger partial charge >= 0.3 is 0 Å². The molecule has 1 aliphatic rings. The summed E-state index contributed by atoms with van der Waals surface area (Å²) >= 11 is 0. The molecule has 1 aliphatic heterocycles. The van der Waals surface area contributed by atoms with E-state index in [4.69, 9.17) is 9.26 Å². The van der Waals surface area contributed by atoms with Gasteiger partial charge < -0.3 is 14.6 Å². The average molecular weight is 479 g/mol. The number of nitrogens with one attached hydrogen (secondary N) is 1. The third-order valence-electron chi connectivity index (χ3n) is 5.66. The summed E-state index contributed by atoms with van der Waals surface area (Å²) < 4.78 is 38.1. The first-order valence-corrected chi connectivity index (χ1v) is 12.1. The van der Waals surface area contributed by atoms with Crippen LogP contribution >= 0.6 is 0 Å². The second-order valence-electron chi connectivity index (χ2n) is 8.02. The molecule has 1 N–H and O–H groups in total. The molecule has 7 nitrogen and oxygen atoms in total. The highest BCUT2D eigenvalue weighted by Gasteiger charge is 2.23. The lowest BCUT2D eigenvalue weighted by Crippen LogP contribution is -2.14. The Morgan fingerprint density at radius 2 is 1.91 bits per heavy atom. The number of halogens is 1. The minimum Gasteiger partial charge on any atom is -0.380 e. The maximum atomic E-state index is 14.6. The Kier molecular flexibility index (Phi) is 6.57. The molecule has 2 atom stereocenters. The molecule has 0 bridgehead atoms. The molecule has 2 aromatic carbocycles. The lowest BCUT2D eigenvalue weighted by molar-refractivity contribution is 0.199. The van der Waals surface area contributed by atoms with Gasteiger partial charge in [0.15, 0.2) is 5.76 Å². The second kappa shape index (κ2) is 9.92. The number of nitrogens with zero attached hydrogens (tertiary/aromatic N) is 3. The minimum atomic E-state index is -1.10. The molecule has 174 valence electrons. The molecular formula is C25H23FN4O3S. The third-order valence-corrected chi connectivity index (χ3v) is 7.37. The Bertz CT molecular complexity index is 1320. The van der Waals surface area contributed by atoms with Crippen molar-refractivity contribution in [3.63, 3.8) is 0 Å². The van der Waals surface area contributed by atoms with E-state index in [9.17, 15) is 8.60 Å². The predicted molar refractivity (Wildman–Crippen MR) is 127 cm³/mol. The highest BCUT2D eigenvalue weighted by atomic mass is 32.2. The topological polar surface area (TPSA) is 90.1 Å². The number of rotatable bonds is 7. The molecule has 0 aliphatic carbocycles. The Hall–Kier alpha value is -3.27. The van der Waals surface area contributed by atoms with Gasteiger partial charge in [0.05, 0.1) is 40.7 Å². The van der Waals surface area contributed by atoms with Gasteiger partial charge in [-0.1, -0.05) is 23.4 Å². The standard InChI is InChI=1S/C25H23FN4O3S/c1-27-12-16-2-7-20(21(26)10-16)22-11-25(33-30-22)24-14-28-13-23(29-24)17-3-5-18(6-4-17)34(31)19-8-9-32-15-19/h2-7,10-11,13-14,19,27H,8-9,12,15H2,1H3. The molecule has 4 aromatic rings. The Morgan fingerprint density at radius 1 is 1.09 bits per heavy atom. The normalized spacial score (nSPS) is 16.6. The van der Waals surface area contributed by atoms with Gasteiger partial charge in [-0.2, -0.15) is 0 Å². The van der Waals surface area contributed by atoms with Crippen molar-refractivity contribution < 1.29 is 17.9 Å². The number of ether oxygens (including phenoxy) is 1. The highest BCUT2D eigenvalue weighted by molar-refractivity contribution is 7.85. The van der Waals surface area contributed by atoms with Gasteiger partial charge in [0.1, 0.15) is 17.2 Å². The molecular weight excluding hydrogens is 455 g/mol. The lowest BCUT2D eigenvalue weighted by atomic mass is 10.1. The number of aromatic nitrogens is 3. The zero-order chi connectivity index (χ0) is 23.5. The van der Waals surface area contributed by atoms with Crippen LogP contribution in [0.15, 0.2) is 70.3 Å². The van der Waals surface area contributed by atoms with E-state index in [1.807, 2.05) is 37.4 Å². The summed E-state index contributed by atoms with van der Waals surface area (Å²) in [5.41, 5.74) is 3.55. The average Bonchev–Trinajstić information content (AvgIpc) is 3.57. The zero-order valence-corrected chi connectivity index (χ0v) is 19.3. The van der Waals surface area contributed by atoms with Crippen molar-refractivity contribution in [2.45, 2.75) is 23.1 Å². The molecule has 34 heavy (non-hydrogen) atoms. The fourth-order valence-corrected chi connectivity index (χ4v) is 5.18. The SMILES string of the molecule is CNCc1ccc(-c2cc(-c3cncc(-c4ccc(S(=O)C5CCOC5)cc4)n3)on2)c(F)c1. The molecule has 9 heteroatoms. The maximum absolute atomic E-state index is 14.6. The Balaban J connectivity index is 1.37. The number of benzene rings is 2. The van der Waals surface area contributed by atoms with Gasteiger partial charge in [0, 0.05) is 35.2 Å². The van der Waals surface area contributed by atoms with Crippen LogP contribution in [0, 0.1) is 5.82 Å². The molecule has 0 radical (unpaired) electrons. The molecule has 0 amide bonds. The highest BCUT2D eigenvalue weighted by Crippen LogP contribution is 2.29. The first-order valence-electron chi connectivity index (χ1n) is 10.9. The largest absolute Gasteiger partial charge is 0.380 e. The molecule has 1 saturated heterocycles. The van der Waals surface area contributed by atoms with Gasteiger partial charge in [0.2, 0.25) is 0 Å². The van der Waals surface area contributed by atoms with E-state index in [1.54, 1.807) is 24.5 Å². The number of hydrogen-bond acceptors (Lipinski definition) is 7. The molecule has 5 rings (SSSR count). The van der Waals surface area contributed by atoms with Crippen LogP contribution in [0.5, 0.6) is 0 Å². The van der Waals surface area contributed by atoms with Crippen LogP contribution in [0.3, 0.4) is 0 Å². The lowest BCUT2D eigenvalue weighted by Gasteiger charge is -2.08. The Morgan fingerprint density at radius 3 is 2.65 bits per heavy atom. The van der Waals surface area contributed by atoms with Crippen LogP contribution in [0.25, 0.3) is 34.0 Å². The molecule has 2 unspecified atom stereocenters. The predicted octanol–water partition coefficient (Wildman–Crippen LogP) is 4.22. The summed E-state index contributed by atoms with van der Waals surface area (Å²) in [7, 11) is 0.715. The van der Waals surface area contributed by atoms with Crippen LogP contribution in [-0.4, -0.2) is 44.8 Å². The minimum absolute atomic E-state index is 0.0407. The van der Waals surface area contributed by atoms with E-state index in [2.05, 4.69) is 20.4 Å². The Labute approximate surface area is 198 Å². The van der Waals surface area contributed by atoms with Crippen molar-refractivity contribution >= 4 is 10.8 Å². The molecule has 2 aromatic heterocycles. The van der Waals surface area contributed by atoms with Crippen molar-refractivity contribution in [3.05, 3.63) is 72.3 Å². The van der Waals surface area contributed by atoms with Gasteiger partial charge in [-0.05, 0) is 43.3 Å². The summed E-state index contributed by atoms with van der Waals surface area (Å²) in [6.07, 6.45) is 4.03. The fourth-order valence-electron chi connectivity index (χ4n) is 3.86. The first kappa shape index (κ1) is 22.5. The smallest absolute Gasteiger partial charge is 0.187 e. The van der Waals surface area contributed by atoms with Crippen LogP contribution < -0.4 is 5.32 Å². The van der Waals surface area contributed by atoms with E-state index >= 15 is 0 Å². The van der Waals surface area contributed by atoms with Crippen LogP contribution in [0.2, 0.25) is 0 Å². The third kappa shape index (κ3) is 4.68. The van der Waals surface area contributed by atoms with E-state index < -0.39 is 10.8 Å². The fraction of sp³-hybridized carbons (Fsp3) is 0.240. The van der Waals surface area contributed by atoms with Crippen LogP contribution in [-0.2, 0) is 22.1 Å². The van der Waals surface area contributed by atoms with Gasteiger partial charge in [-0.15, -0.1) is 0 Å². The van der Waals surface area contributed by atoms with Gasteiger partial charge in [-0.3, -0.25) is 9.19 Å². The van der Waals surface area contributed by atoms with E-state index in [-0.39, 0.29) is 11.1 Å². The molecule has 0 spiro atoms. The van der Waals surface area contributed by atoms with Crippen molar-refractivity contribution in [2.24, 2.45) is 0 Å². The van der Waals surface area contributed by atoms with Crippen molar-refractivity contribution in [1.82, 2.24) is 20.4 Å². The van der Waals surface area contributed by atoms with E-state index in [0.717, 1.165) is 22.4 Å². The zero-order valence-electron chi connectivity index (χ0n) is 18.5. The van der Waals surface area contributed by atoms with Crippen molar-refractivity contribution in [2.75, 3.05) is 20.3 Å². The monoisotopic (exact) mass is 478 g/mol. The maximum Gasteiger partial charge on any atom is 0.187 e. The van der Waals surface area contributed by atoms with Crippen LogP contribution in [0.4, 0.5) is 4.39 Å². The number of hydrogen-bond donors (Lipinski definition) is 1. The van der Waals surface area contributed by atoms with Crippen molar-refractivity contribution in [1.29, 1.82) is 0 Å². The summed E-state index contributed by atoms with van der Waals surface area (Å²) in [4.78, 5) is 9.69. The first-order chi connectivity index (χ1) is 16.6. The summed E-state index contributed by atoms with van der Waals surface area (Å²) in [5, 5.41) is 7.07. The second-order valence-corrected chi connectivity index (χ2v) is 9.75. The van der Waals surface area contributed by atoms with Gasteiger partial charge in [0.25, 0.3) is 0 Å².